The van der Waals surface area contributed by atoms with E-state index in [0.29, 0.717) is 18.5 Å². The van der Waals surface area contributed by atoms with E-state index in [0.717, 1.165) is 43.6 Å². The molecule has 2 bridgehead atoms. The van der Waals surface area contributed by atoms with E-state index in [1.54, 1.807) is 6.07 Å². The maximum Gasteiger partial charge on any atom is 0.317 e. The third-order valence-corrected chi connectivity index (χ3v) is 6.19. The third-order valence-electron chi connectivity index (χ3n) is 6.19. The molecule has 2 fully saturated rings. The number of piperidine rings is 1. The monoisotopic (exact) mass is 355 g/mol. The number of pyridine rings is 1. The summed E-state index contributed by atoms with van der Waals surface area (Å²) in [5, 5.41) is 3.26. The second kappa shape index (κ2) is 7.29. The van der Waals surface area contributed by atoms with Crippen molar-refractivity contribution in [1.29, 1.82) is 0 Å². The topological polar surface area (TPSA) is 54.3 Å². The number of allylic oxidation sites excluding steroid dienone is 1. The molecular weight excluding hydrogens is 326 g/mol. The first-order valence-electron chi connectivity index (χ1n) is 10.1. The number of hydrogen-bond donors (Lipinski definition) is 1. The lowest BCUT2D eigenvalue weighted by molar-refractivity contribution is 0.127. The van der Waals surface area contributed by atoms with E-state index in [1.807, 2.05) is 28.5 Å². The van der Waals surface area contributed by atoms with Crippen LogP contribution in [0.4, 0.5) is 4.79 Å². The summed E-state index contributed by atoms with van der Waals surface area (Å²) in [7, 11) is 0. The molecule has 4 rings (SSSR count). The van der Waals surface area contributed by atoms with Crippen molar-refractivity contribution in [3.05, 3.63) is 39.8 Å². The zero-order valence-electron chi connectivity index (χ0n) is 15.6. The zero-order valence-corrected chi connectivity index (χ0v) is 15.6. The van der Waals surface area contributed by atoms with Crippen LogP contribution in [0.25, 0.3) is 6.08 Å². The van der Waals surface area contributed by atoms with Crippen LogP contribution in [0.15, 0.2) is 23.0 Å². The lowest BCUT2D eigenvalue weighted by Crippen LogP contribution is -2.53. The molecule has 5 heteroatoms. The Kier molecular flexibility index (Phi) is 4.88. The molecule has 0 radical (unpaired) electrons. The number of carbonyl (C=O) groups is 1. The molecule has 1 aliphatic carbocycles. The Morgan fingerprint density at radius 2 is 1.96 bits per heavy atom. The van der Waals surface area contributed by atoms with Gasteiger partial charge in [0.15, 0.2) is 0 Å². The molecule has 0 spiro atoms. The quantitative estimate of drug-likeness (QED) is 0.884. The van der Waals surface area contributed by atoms with Crippen LogP contribution in [0.5, 0.6) is 0 Å². The van der Waals surface area contributed by atoms with Gasteiger partial charge in [-0.15, -0.1) is 0 Å². The Labute approximate surface area is 155 Å². The van der Waals surface area contributed by atoms with Crippen LogP contribution in [0, 0.1) is 5.92 Å². The number of hydrogen-bond acceptors (Lipinski definition) is 2. The maximum absolute atomic E-state index is 12.8. The molecule has 2 atom stereocenters. The van der Waals surface area contributed by atoms with Gasteiger partial charge in [-0.2, -0.15) is 0 Å². The van der Waals surface area contributed by atoms with E-state index in [-0.39, 0.29) is 17.5 Å². The Bertz CT molecular complexity index is 761. The largest absolute Gasteiger partial charge is 0.335 e. The second-order valence-electron chi connectivity index (χ2n) is 8.11. The van der Waals surface area contributed by atoms with Gasteiger partial charge in [0, 0.05) is 43.4 Å². The van der Waals surface area contributed by atoms with Gasteiger partial charge in [0.05, 0.1) is 0 Å². The van der Waals surface area contributed by atoms with Crippen molar-refractivity contribution >= 4 is 12.1 Å². The highest BCUT2D eigenvalue weighted by molar-refractivity contribution is 5.75. The molecule has 1 aromatic heterocycles. The van der Waals surface area contributed by atoms with Crippen molar-refractivity contribution in [3.8, 4) is 0 Å². The Balaban J connectivity index is 1.55. The molecule has 5 nitrogen and oxygen atoms in total. The number of aromatic nitrogens is 1. The summed E-state index contributed by atoms with van der Waals surface area (Å²) in [6.45, 7) is 4.19. The van der Waals surface area contributed by atoms with E-state index in [2.05, 4.69) is 11.4 Å². The first kappa shape index (κ1) is 17.4. The summed E-state index contributed by atoms with van der Waals surface area (Å²) in [5.74, 6) is 0.622. The minimum atomic E-state index is 0.0862. The van der Waals surface area contributed by atoms with Gasteiger partial charge in [0.1, 0.15) is 0 Å². The van der Waals surface area contributed by atoms with Gasteiger partial charge in [-0.25, -0.2) is 4.79 Å². The standard InChI is InChI=1S/C21H29N3O2/c1-2-6-16-9-10-19(25)24-13-15-11-17(20(16)24)14-23(12-15)21(26)22-18-7-4-3-5-8-18/h2,6,9-10,15,17-18H,3-5,7-8,11-14H2,1H3,(H,22,26)/b6-2+/t15-,17+/m0/s1. The number of nitrogens with one attached hydrogen (secondary N) is 1. The minimum absolute atomic E-state index is 0.0862. The molecule has 0 unspecified atom stereocenters. The summed E-state index contributed by atoms with van der Waals surface area (Å²) < 4.78 is 1.95. The molecule has 3 heterocycles. The highest BCUT2D eigenvalue weighted by Crippen LogP contribution is 2.37. The average molecular weight is 355 g/mol. The first-order valence-corrected chi connectivity index (χ1v) is 10.1. The molecule has 1 N–H and O–H groups in total. The Morgan fingerprint density at radius 1 is 1.15 bits per heavy atom. The fourth-order valence-corrected chi connectivity index (χ4v) is 5.05. The van der Waals surface area contributed by atoms with E-state index >= 15 is 0 Å². The van der Waals surface area contributed by atoms with E-state index < -0.39 is 0 Å². The number of fused-ring (bicyclic) bond motifs is 4. The van der Waals surface area contributed by atoms with Crippen LogP contribution >= 0.6 is 0 Å². The van der Waals surface area contributed by atoms with Gasteiger partial charge in [0.25, 0.3) is 5.56 Å². The highest BCUT2D eigenvalue weighted by Gasteiger charge is 2.37. The van der Waals surface area contributed by atoms with Gasteiger partial charge in [-0.3, -0.25) is 4.79 Å². The number of rotatable bonds is 2. The van der Waals surface area contributed by atoms with Crippen molar-refractivity contribution in [1.82, 2.24) is 14.8 Å². The van der Waals surface area contributed by atoms with Crippen molar-refractivity contribution in [2.24, 2.45) is 5.92 Å². The zero-order chi connectivity index (χ0) is 18.1. The van der Waals surface area contributed by atoms with Gasteiger partial charge in [-0.1, -0.05) is 31.4 Å². The fraction of sp³-hybridized carbons (Fsp3) is 0.619. The van der Waals surface area contributed by atoms with Gasteiger partial charge in [0.2, 0.25) is 0 Å². The van der Waals surface area contributed by atoms with E-state index in [9.17, 15) is 9.59 Å². The predicted octanol–water partition coefficient (Wildman–Crippen LogP) is 3.34. The van der Waals surface area contributed by atoms with Crippen molar-refractivity contribution in [2.45, 2.75) is 64.0 Å². The molecule has 2 amide bonds. The molecule has 1 saturated heterocycles. The molecular formula is C21H29N3O2. The van der Waals surface area contributed by atoms with Crippen molar-refractivity contribution in [2.75, 3.05) is 13.1 Å². The number of urea groups is 1. The Hall–Kier alpha value is -2.04. The number of nitrogens with zero attached hydrogens (tertiary/aromatic N) is 2. The average Bonchev–Trinajstić information content (AvgIpc) is 2.65. The lowest BCUT2D eigenvalue weighted by atomic mass is 9.81. The van der Waals surface area contributed by atoms with Crippen LogP contribution in [0.2, 0.25) is 0 Å². The fourth-order valence-electron chi connectivity index (χ4n) is 5.05. The summed E-state index contributed by atoms with van der Waals surface area (Å²) in [6, 6.07) is 4.03. The summed E-state index contributed by atoms with van der Waals surface area (Å²) >= 11 is 0. The van der Waals surface area contributed by atoms with E-state index in [4.69, 9.17) is 0 Å². The Morgan fingerprint density at radius 3 is 2.73 bits per heavy atom. The van der Waals surface area contributed by atoms with Crippen LogP contribution in [-0.4, -0.2) is 34.6 Å². The second-order valence-corrected chi connectivity index (χ2v) is 8.11. The molecule has 2 aliphatic heterocycles. The first-order chi connectivity index (χ1) is 12.7. The maximum atomic E-state index is 12.8. The molecule has 140 valence electrons. The van der Waals surface area contributed by atoms with Crippen LogP contribution in [0.3, 0.4) is 0 Å². The highest BCUT2D eigenvalue weighted by atomic mass is 16.2. The molecule has 26 heavy (non-hydrogen) atoms. The van der Waals surface area contributed by atoms with Crippen LogP contribution in [0.1, 0.15) is 62.6 Å². The SMILES string of the molecule is C/C=C/c1ccc(=O)n2c1[C@@H]1C[C@@H](CN(C(=O)NC3CCCCC3)C1)C2. The minimum Gasteiger partial charge on any atom is -0.335 e. The van der Waals surface area contributed by atoms with Crippen LogP contribution in [-0.2, 0) is 6.54 Å². The van der Waals surface area contributed by atoms with Crippen molar-refractivity contribution < 1.29 is 4.79 Å². The number of likely N-dealkylation sites (tertiary alicyclic amines) is 1. The predicted molar refractivity (Wildman–Crippen MR) is 103 cm³/mol. The van der Waals surface area contributed by atoms with Gasteiger partial charge < -0.3 is 14.8 Å². The normalized spacial score (nSPS) is 26.0. The molecule has 3 aliphatic rings. The van der Waals surface area contributed by atoms with Crippen LogP contribution < -0.4 is 10.9 Å². The third kappa shape index (κ3) is 3.31. The number of amides is 2. The van der Waals surface area contributed by atoms with E-state index in [1.165, 1.54) is 19.3 Å². The lowest BCUT2D eigenvalue weighted by Gasteiger charge is -2.43. The summed E-state index contributed by atoms with van der Waals surface area (Å²) in [4.78, 5) is 27.2. The van der Waals surface area contributed by atoms with Gasteiger partial charge in [-0.05, 0) is 43.7 Å². The van der Waals surface area contributed by atoms with Gasteiger partial charge >= 0.3 is 6.03 Å². The summed E-state index contributed by atoms with van der Waals surface area (Å²) in [6.07, 6.45) is 11.1. The molecule has 0 aromatic carbocycles. The van der Waals surface area contributed by atoms with Crippen molar-refractivity contribution in [3.63, 3.8) is 0 Å². The summed E-state index contributed by atoms with van der Waals surface area (Å²) in [5.41, 5.74) is 2.31. The number of carbonyl (C=O) groups excluding carboxylic acids is 1. The molecule has 1 aromatic rings. The molecule has 1 saturated carbocycles. The smallest absolute Gasteiger partial charge is 0.317 e.